The van der Waals surface area contributed by atoms with Crippen LogP contribution in [-0.2, 0) is 0 Å². The molecule has 0 radical (unpaired) electrons. The number of carbonyl (C=O) groups excluding carboxylic acids is 2. The molecule has 0 aliphatic rings. The molecule has 0 saturated heterocycles. The van der Waals surface area contributed by atoms with Crippen molar-refractivity contribution in [3.8, 4) is 28.4 Å². The van der Waals surface area contributed by atoms with E-state index in [1.807, 2.05) is 142 Å². The summed E-state index contributed by atoms with van der Waals surface area (Å²) in [7, 11) is -6.00. The Hall–Kier alpha value is -11.1. The Balaban J connectivity index is 1.10. The Morgan fingerprint density at radius 2 is 0.617 bits per heavy atom. The zero-order valence-electron chi connectivity index (χ0n) is 51.9. The summed E-state index contributed by atoms with van der Waals surface area (Å²) in [4.78, 5) is 29.5. The summed E-state index contributed by atoms with van der Waals surface area (Å²) < 4.78 is 36.9. The zero-order valence-corrected chi connectivity index (χ0v) is 54.6. The Bertz CT molecular complexity index is 5290. The molecule has 14 heteroatoms. The smallest absolute Gasteiger partial charge is 0.318 e. The van der Waals surface area contributed by atoms with Gasteiger partial charge in [0.25, 0.3) is 0 Å². The summed E-state index contributed by atoms with van der Waals surface area (Å²) in [5.41, 5.74) is 13.9. The second-order valence-electron chi connectivity index (χ2n) is 22.7. The summed E-state index contributed by atoms with van der Waals surface area (Å²) in [6, 6.07) is 55.4. The van der Waals surface area contributed by atoms with E-state index in [9.17, 15) is 4.79 Å². The number of aryl methyl sites for hydroxylation is 1. The first-order chi connectivity index (χ1) is 45.8. The molecule has 14 rings (SSSR count). The van der Waals surface area contributed by atoms with E-state index in [1.54, 1.807) is 0 Å². The van der Waals surface area contributed by atoms with E-state index in [4.69, 9.17) is 13.6 Å². The average Bonchev–Trinajstić information content (AvgIpc) is 1.27. The van der Waals surface area contributed by atoms with Gasteiger partial charge in [0.15, 0.2) is 11.6 Å². The predicted molar refractivity (Wildman–Crippen MR) is 398 cm³/mol. The van der Waals surface area contributed by atoms with Crippen molar-refractivity contribution >= 4 is 139 Å². The normalized spacial score (nSPS) is 11.6. The molecule has 0 fully saturated rings. The van der Waals surface area contributed by atoms with Crippen LogP contribution < -0.4 is 13.6 Å². The third-order valence-electron chi connectivity index (χ3n) is 17.2. The molecule has 0 bridgehead atoms. The highest BCUT2D eigenvalue weighted by Gasteiger charge is 2.35. The van der Waals surface area contributed by atoms with Crippen molar-refractivity contribution in [1.29, 1.82) is 0 Å². The Morgan fingerprint density at radius 3 is 0.915 bits per heavy atom. The van der Waals surface area contributed by atoms with Gasteiger partial charge in [0.05, 0.1) is 38.7 Å². The second-order valence-corrected chi connectivity index (χ2v) is 27.3. The molecule has 6 heterocycles. The lowest BCUT2D eigenvalue weighted by molar-refractivity contribution is 0.103. The Labute approximate surface area is 548 Å². The van der Waals surface area contributed by atoms with Crippen LogP contribution in [0.15, 0.2) is 266 Å². The Kier molecular flexibility index (Phi) is 16.0. The number of aromatic nitrogens is 6. The molecular formula is C80H63N6O5P3. The third-order valence-corrected chi connectivity index (χ3v) is 22.6. The van der Waals surface area contributed by atoms with Crippen molar-refractivity contribution in [2.45, 2.75) is 13.8 Å². The number of ketones is 2. The van der Waals surface area contributed by atoms with Gasteiger partial charge >= 0.3 is 25.3 Å². The largest absolute Gasteiger partial charge is 0.435 e. The molecule has 8 aromatic carbocycles. The van der Waals surface area contributed by atoms with E-state index in [2.05, 4.69) is 188 Å². The predicted octanol–water partition coefficient (Wildman–Crippen LogP) is 22.4. The summed E-state index contributed by atoms with van der Waals surface area (Å²) in [5.74, 6) is 0.267. The maximum atomic E-state index is 15.0. The first-order valence-electron chi connectivity index (χ1n) is 30.4. The first-order valence-corrected chi connectivity index (χ1v) is 33.9. The molecule has 0 amide bonds. The van der Waals surface area contributed by atoms with Gasteiger partial charge in [-0.05, 0) is 192 Å². The topological polar surface area (TPSA) is 91.4 Å². The maximum absolute atomic E-state index is 15.0. The van der Waals surface area contributed by atoms with Gasteiger partial charge < -0.3 is 13.6 Å². The molecule has 14 aromatic rings. The number of carbonyl (C=O) groups is 2. The molecular weight excluding hydrogens is 1220 g/mol. The highest BCUT2D eigenvalue weighted by molar-refractivity contribution is 7.51. The number of allylic oxidation sites excluding steroid dienone is 2. The van der Waals surface area contributed by atoms with Crippen molar-refractivity contribution in [3.05, 3.63) is 321 Å². The van der Waals surface area contributed by atoms with Crippen LogP contribution in [0.4, 0.5) is 0 Å². The van der Waals surface area contributed by atoms with Crippen molar-refractivity contribution in [2.75, 3.05) is 0 Å². The van der Waals surface area contributed by atoms with Gasteiger partial charge in [0.1, 0.15) is 17.2 Å². The molecule has 458 valence electrons. The van der Waals surface area contributed by atoms with Crippen molar-refractivity contribution in [2.24, 2.45) is 0 Å². The average molecular weight is 1280 g/mol. The van der Waals surface area contributed by atoms with Gasteiger partial charge in [-0.1, -0.05) is 125 Å². The van der Waals surface area contributed by atoms with E-state index in [0.29, 0.717) is 44.9 Å². The van der Waals surface area contributed by atoms with Gasteiger partial charge in [-0.3, -0.25) is 35.6 Å². The fraction of sp³-hybridized carbons (Fsp3) is 0.0250. The van der Waals surface area contributed by atoms with E-state index < -0.39 is 25.3 Å². The highest BCUT2D eigenvalue weighted by atomic mass is 31.2. The lowest BCUT2D eigenvalue weighted by Gasteiger charge is -2.30. The van der Waals surface area contributed by atoms with E-state index in [1.165, 1.54) is 12.2 Å². The summed E-state index contributed by atoms with van der Waals surface area (Å²) in [6.45, 7) is 36.4. The molecule has 0 aliphatic heterocycles. The zero-order chi connectivity index (χ0) is 65.1. The molecule has 11 nitrogen and oxygen atoms in total. The fourth-order valence-electron chi connectivity index (χ4n) is 12.2. The second kappa shape index (κ2) is 24.9. The number of hydrogen-bond donors (Lipinski definition) is 0. The minimum absolute atomic E-state index is 0.282. The van der Waals surface area contributed by atoms with Crippen molar-refractivity contribution in [3.63, 3.8) is 0 Å². The van der Waals surface area contributed by atoms with Crippen LogP contribution in [0.25, 0.3) is 113 Å². The van der Waals surface area contributed by atoms with Crippen LogP contribution >= 0.6 is 25.3 Å². The quantitative estimate of drug-likeness (QED) is 0.0361. The van der Waals surface area contributed by atoms with E-state index >= 15 is 4.79 Å². The van der Waals surface area contributed by atoms with Gasteiger partial charge in [-0.2, -0.15) is 0 Å². The molecule has 0 unspecified atom stereocenters. The van der Waals surface area contributed by atoms with Gasteiger partial charge in [-0.15, -0.1) is 0 Å². The third kappa shape index (κ3) is 10.6. The molecule has 0 saturated carbocycles. The van der Waals surface area contributed by atoms with Crippen molar-refractivity contribution in [1.82, 2.24) is 26.0 Å². The number of nitrogens with zero attached hydrogens (tertiary/aromatic N) is 6. The van der Waals surface area contributed by atoms with Crippen LogP contribution in [0.2, 0.25) is 0 Å². The lowest BCUT2D eigenvalue weighted by atomic mass is 9.92. The molecule has 0 atom stereocenters. The molecule has 94 heavy (non-hydrogen) atoms. The van der Waals surface area contributed by atoms with E-state index in [0.717, 1.165) is 98.8 Å². The van der Waals surface area contributed by atoms with Gasteiger partial charge in [0.2, 0.25) is 0 Å². The number of fused-ring (bicyclic) bond motifs is 6. The van der Waals surface area contributed by atoms with Crippen molar-refractivity contribution < 1.29 is 23.2 Å². The van der Waals surface area contributed by atoms with Crippen LogP contribution in [0.5, 0.6) is 17.2 Å². The van der Waals surface area contributed by atoms with E-state index in [-0.39, 0.29) is 17.3 Å². The highest BCUT2D eigenvalue weighted by Crippen LogP contribution is 2.59. The monoisotopic (exact) mass is 1280 g/mol. The molecule has 0 aliphatic carbocycles. The SMILES string of the molecule is C=CC(=O)c1cc(OP(n2ccc3cc(C=C)ccc32)n2ccc3cc(C=C)ccc32)c(-c2c(OP(n3ccc4cc(C=C)ccc43)n3ccc4cc(C=C)ccc43)cc(C(=O)C=C)c(C)c2OP(n2ccc3cc(C=C)ccc32)n2ccc3cc(C=C)ccc32)cc1C. The summed E-state index contributed by atoms with van der Waals surface area (Å²) in [6.07, 6.45) is 25.9. The van der Waals surface area contributed by atoms with Gasteiger partial charge in [-0.25, -0.2) is 0 Å². The standard InChI is InChI=1S/C80H63N6O5P3/c1-11-54-19-25-69-60(44-54)31-37-81(69)92(82-38-32-61-45-55(12-2)20-26-70(61)82)89-77-50-66(75(87)17-7)52(9)43-68(77)79-78(90-93(83-39-33-62-46-56(13-3)21-27-71(62)83)84-40-34-63-47-57(14-4)22-28-72(63)84)51-67(76(88)18-8)53(10)80(79)91-94(85-41-35-64-48-58(15-5)23-29-73(64)85)86-42-36-65-49-59(16-6)24-30-74(65)86/h11-51H,1-8H2,9-10H3. The fourth-order valence-corrected chi connectivity index (χ4v) is 17.7. The molecule has 6 aromatic heterocycles. The first kappa shape index (κ1) is 60.5. The molecule has 0 N–H and O–H groups in total. The number of benzene rings is 8. The number of hydrogen-bond acceptors (Lipinski definition) is 5. The lowest BCUT2D eigenvalue weighted by Crippen LogP contribution is -2.12. The minimum Gasteiger partial charge on any atom is -0.435 e. The maximum Gasteiger partial charge on any atom is 0.318 e. The van der Waals surface area contributed by atoms with Crippen LogP contribution in [-0.4, -0.2) is 37.6 Å². The van der Waals surface area contributed by atoms with Crippen LogP contribution in [0.1, 0.15) is 65.2 Å². The van der Waals surface area contributed by atoms with Crippen LogP contribution in [0, 0.1) is 13.8 Å². The summed E-state index contributed by atoms with van der Waals surface area (Å²) in [5, 5.41) is 5.83. The molecule has 0 spiro atoms. The summed E-state index contributed by atoms with van der Waals surface area (Å²) >= 11 is 0. The minimum atomic E-state index is -2.02. The van der Waals surface area contributed by atoms with Gasteiger partial charge in [0, 0.05) is 91.8 Å². The van der Waals surface area contributed by atoms with Crippen LogP contribution in [0.3, 0.4) is 0 Å². The number of rotatable bonds is 23. The Morgan fingerprint density at radius 1 is 0.340 bits per heavy atom.